The summed E-state index contributed by atoms with van der Waals surface area (Å²) >= 11 is 7.50. The maximum atomic E-state index is 12.0. The van der Waals surface area contributed by atoms with Crippen molar-refractivity contribution in [1.82, 2.24) is 5.32 Å². The fourth-order valence-corrected chi connectivity index (χ4v) is 3.01. The van der Waals surface area contributed by atoms with Crippen LogP contribution < -0.4 is 10.1 Å². The van der Waals surface area contributed by atoms with Crippen molar-refractivity contribution in [3.05, 3.63) is 59.1 Å². The van der Waals surface area contributed by atoms with Gasteiger partial charge >= 0.3 is 0 Å². The molecule has 0 fully saturated rings. The van der Waals surface area contributed by atoms with Gasteiger partial charge in [0.05, 0.1) is 6.04 Å². The highest BCUT2D eigenvalue weighted by atomic mass is 35.5. The molecule has 0 saturated heterocycles. The van der Waals surface area contributed by atoms with E-state index in [0.717, 1.165) is 21.4 Å². The van der Waals surface area contributed by atoms with Crippen LogP contribution >= 0.6 is 23.4 Å². The Labute approximate surface area is 152 Å². The normalized spacial score (nSPS) is 11.8. The van der Waals surface area contributed by atoms with Crippen molar-refractivity contribution >= 4 is 29.3 Å². The number of benzene rings is 2. The molecular formula is C19H22ClNO2S. The minimum Gasteiger partial charge on any atom is -0.491 e. The van der Waals surface area contributed by atoms with Crippen LogP contribution in [0.4, 0.5) is 0 Å². The molecule has 0 aliphatic heterocycles. The number of nitrogens with one attached hydrogen (secondary N) is 1. The van der Waals surface area contributed by atoms with Gasteiger partial charge in [0.25, 0.3) is 0 Å². The first-order valence-corrected chi connectivity index (χ1v) is 9.26. The lowest BCUT2D eigenvalue weighted by atomic mass is 10.2. The van der Waals surface area contributed by atoms with Gasteiger partial charge < -0.3 is 10.1 Å². The molecular weight excluding hydrogens is 342 g/mol. The molecule has 24 heavy (non-hydrogen) atoms. The Morgan fingerprint density at radius 1 is 1.17 bits per heavy atom. The van der Waals surface area contributed by atoms with E-state index >= 15 is 0 Å². The number of hydrogen-bond acceptors (Lipinski definition) is 3. The minimum atomic E-state index is -0.0284. The Morgan fingerprint density at radius 2 is 1.83 bits per heavy atom. The van der Waals surface area contributed by atoms with Crippen LogP contribution in [-0.4, -0.2) is 24.3 Å². The Bertz CT molecular complexity index is 643. The first kappa shape index (κ1) is 18.7. The zero-order chi connectivity index (χ0) is 17.4. The number of aryl methyl sites for hydroxylation is 1. The molecule has 1 amide bonds. The first-order chi connectivity index (χ1) is 11.5. The maximum Gasteiger partial charge on any atom is 0.221 e. The average molecular weight is 364 g/mol. The zero-order valence-corrected chi connectivity index (χ0v) is 15.5. The molecule has 128 valence electrons. The number of thioether (sulfide) groups is 1. The molecule has 0 aliphatic rings. The van der Waals surface area contributed by atoms with Crippen LogP contribution in [0.5, 0.6) is 5.75 Å². The summed E-state index contributed by atoms with van der Waals surface area (Å²) in [5.41, 5.74) is 1.20. The fraction of sp³-hybridized carbons (Fsp3) is 0.316. The molecule has 2 aromatic rings. The Kier molecular flexibility index (Phi) is 7.47. The number of amides is 1. The highest BCUT2D eigenvalue weighted by Gasteiger charge is 2.08. The van der Waals surface area contributed by atoms with Gasteiger partial charge in [0.2, 0.25) is 5.91 Å². The average Bonchev–Trinajstić information content (AvgIpc) is 2.56. The summed E-state index contributed by atoms with van der Waals surface area (Å²) in [4.78, 5) is 13.1. The fourth-order valence-electron chi connectivity index (χ4n) is 2.04. The van der Waals surface area contributed by atoms with E-state index < -0.39 is 0 Å². The standard InChI is InChI=1S/C19H22ClNO2S/c1-14-3-7-17(8-4-14)23-13-15(2)21-19(22)11-12-24-18-9-5-16(20)6-10-18/h3-10,15H,11-13H2,1-2H3,(H,21,22). The van der Waals surface area contributed by atoms with Gasteiger partial charge in [0, 0.05) is 22.1 Å². The van der Waals surface area contributed by atoms with Crippen molar-refractivity contribution in [1.29, 1.82) is 0 Å². The van der Waals surface area contributed by atoms with Crippen molar-refractivity contribution < 1.29 is 9.53 Å². The van der Waals surface area contributed by atoms with Crippen LogP contribution in [-0.2, 0) is 4.79 Å². The number of ether oxygens (including phenoxy) is 1. The van der Waals surface area contributed by atoms with Gasteiger partial charge in [0.1, 0.15) is 12.4 Å². The van der Waals surface area contributed by atoms with Gasteiger partial charge in [0.15, 0.2) is 0 Å². The number of rotatable bonds is 8. The number of carbonyl (C=O) groups is 1. The number of halogens is 1. The molecule has 0 heterocycles. The van der Waals surface area contributed by atoms with Crippen molar-refractivity contribution in [2.24, 2.45) is 0 Å². The van der Waals surface area contributed by atoms with Crippen molar-refractivity contribution in [3.63, 3.8) is 0 Å². The smallest absolute Gasteiger partial charge is 0.221 e. The van der Waals surface area contributed by atoms with Crippen LogP contribution in [0.3, 0.4) is 0 Å². The van der Waals surface area contributed by atoms with Crippen LogP contribution in [0.1, 0.15) is 18.9 Å². The summed E-state index contributed by atoms with van der Waals surface area (Å²) in [5, 5.41) is 3.68. The summed E-state index contributed by atoms with van der Waals surface area (Å²) in [7, 11) is 0. The van der Waals surface area contributed by atoms with Gasteiger partial charge in [-0.2, -0.15) is 0 Å². The van der Waals surface area contributed by atoms with E-state index in [1.165, 1.54) is 5.56 Å². The highest BCUT2D eigenvalue weighted by Crippen LogP contribution is 2.20. The summed E-state index contributed by atoms with van der Waals surface area (Å²) in [6, 6.07) is 15.5. The molecule has 2 aromatic carbocycles. The Hall–Kier alpha value is -1.65. The zero-order valence-electron chi connectivity index (χ0n) is 13.9. The molecule has 0 radical (unpaired) electrons. The van der Waals surface area contributed by atoms with E-state index in [0.29, 0.717) is 13.0 Å². The topological polar surface area (TPSA) is 38.3 Å². The van der Waals surface area contributed by atoms with E-state index in [2.05, 4.69) is 5.32 Å². The monoisotopic (exact) mass is 363 g/mol. The second kappa shape index (κ2) is 9.60. The predicted molar refractivity (Wildman–Crippen MR) is 101 cm³/mol. The van der Waals surface area contributed by atoms with E-state index in [4.69, 9.17) is 16.3 Å². The van der Waals surface area contributed by atoms with Gasteiger partial charge in [-0.25, -0.2) is 0 Å². The van der Waals surface area contributed by atoms with E-state index in [-0.39, 0.29) is 11.9 Å². The lowest BCUT2D eigenvalue weighted by Crippen LogP contribution is -2.36. The molecule has 1 unspecified atom stereocenters. The molecule has 0 spiro atoms. The molecule has 0 aromatic heterocycles. The van der Waals surface area contributed by atoms with E-state index in [9.17, 15) is 4.79 Å². The molecule has 0 saturated carbocycles. The van der Waals surface area contributed by atoms with Gasteiger partial charge in [-0.15, -0.1) is 11.8 Å². The number of hydrogen-bond donors (Lipinski definition) is 1. The lowest BCUT2D eigenvalue weighted by Gasteiger charge is -2.15. The highest BCUT2D eigenvalue weighted by molar-refractivity contribution is 7.99. The van der Waals surface area contributed by atoms with Crippen LogP contribution in [0, 0.1) is 6.92 Å². The molecule has 0 aliphatic carbocycles. The summed E-state index contributed by atoms with van der Waals surface area (Å²) in [6.07, 6.45) is 0.474. The quantitative estimate of drug-likeness (QED) is 0.690. The second-order valence-electron chi connectivity index (χ2n) is 5.65. The van der Waals surface area contributed by atoms with Crippen molar-refractivity contribution in [2.75, 3.05) is 12.4 Å². The molecule has 1 N–H and O–H groups in total. The number of carbonyl (C=O) groups excluding carboxylic acids is 1. The van der Waals surface area contributed by atoms with Crippen molar-refractivity contribution in [2.45, 2.75) is 31.2 Å². The summed E-state index contributed by atoms with van der Waals surface area (Å²) in [6.45, 7) is 4.44. The molecule has 1 atom stereocenters. The van der Waals surface area contributed by atoms with E-state index in [1.54, 1.807) is 11.8 Å². The lowest BCUT2D eigenvalue weighted by molar-refractivity contribution is -0.121. The largest absolute Gasteiger partial charge is 0.491 e. The maximum absolute atomic E-state index is 12.0. The minimum absolute atomic E-state index is 0.0284. The van der Waals surface area contributed by atoms with Gasteiger partial charge in [-0.05, 0) is 50.2 Å². The second-order valence-corrected chi connectivity index (χ2v) is 7.25. The van der Waals surface area contributed by atoms with Crippen molar-refractivity contribution in [3.8, 4) is 5.75 Å². The molecule has 5 heteroatoms. The first-order valence-electron chi connectivity index (χ1n) is 7.90. The van der Waals surface area contributed by atoms with E-state index in [1.807, 2.05) is 62.4 Å². The van der Waals surface area contributed by atoms with Gasteiger partial charge in [-0.1, -0.05) is 29.3 Å². The SMILES string of the molecule is Cc1ccc(OCC(C)NC(=O)CCSc2ccc(Cl)cc2)cc1. The Morgan fingerprint density at radius 3 is 2.50 bits per heavy atom. The molecule has 0 bridgehead atoms. The van der Waals surface area contributed by atoms with Crippen LogP contribution in [0.15, 0.2) is 53.4 Å². The summed E-state index contributed by atoms with van der Waals surface area (Å²) < 4.78 is 5.68. The van der Waals surface area contributed by atoms with Crippen LogP contribution in [0.2, 0.25) is 5.02 Å². The molecule has 2 rings (SSSR count). The summed E-state index contributed by atoms with van der Waals surface area (Å²) in [5.74, 6) is 1.59. The third-order valence-corrected chi connectivity index (χ3v) is 4.61. The third kappa shape index (κ3) is 6.85. The van der Waals surface area contributed by atoms with Gasteiger partial charge in [-0.3, -0.25) is 4.79 Å². The predicted octanol–water partition coefficient (Wildman–Crippen LogP) is 4.71. The Balaban J connectivity index is 1.64. The molecule has 3 nitrogen and oxygen atoms in total. The van der Waals surface area contributed by atoms with Crippen LogP contribution in [0.25, 0.3) is 0 Å². The third-order valence-electron chi connectivity index (χ3n) is 3.34.